The number of hydrogen-bond donors (Lipinski definition) is 0. The van der Waals surface area contributed by atoms with Crippen LogP contribution >= 0.6 is 0 Å². The molecule has 0 aromatic carbocycles. The Morgan fingerprint density at radius 1 is 1.46 bits per heavy atom. The third-order valence-electron chi connectivity index (χ3n) is 1.92. The highest BCUT2D eigenvalue weighted by atomic mass is 32.2. The summed E-state index contributed by atoms with van der Waals surface area (Å²) in [6.07, 6.45) is 9.98. The zero-order chi connectivity index (χ0) is 9.73. The average Bonchev–Trinajstić information content (AvgIpc) is 2.16. The molecular weight excluding hydrogens is 186 g/mol. The first kappa shape index (κ1) is 10.3. The first-order valence-corrected chi connectivity index (χ1v) is 5.84. The molecule has 0 saturated heterocycles. The van der Waals surface area contributed by atoms with Gasteiger partial charge >= 0.3 is 0 Å². The molecule has 72 valence electrons. The van der Waals surface area contributed by atoms with E-state index in [0.717, 1.165) is 6.42 Å². The van der Waals surface area contributed by atoms with E-state index in [1.54, 1.807) is 0 Å². The molecule has 0 saturated carbocycles. The summed E-state index contributed by atoms with van der Waals surface area (Å²) in [7, 11) is -3.11. The SMILES string of the molecule is C#CCCS(=O)(=O)N1CC=CCC1. The fourth-order valence-corrected chi connectivity index (χ4v) is 2.52. The molecule has 0 spiro atoms. The minimum Gasteiger partial charge on any atom is -0.212 e. The Labute approximate surface area is 79.5 Å². The van der Waals surface area contributed by atoms with E-state index in [9.17, 15) is 8.42 Å². The van der Waals surface area contributed by atoms with E-state index < -0.39 is 10.0 Å². The molecule has 4 heteroatoms. The van der Waals surface area contributed by atoms with Crippen LogP contribution in [0, 0.1) is 12.3 Å². The maximum atomic E-state index is 11.5. The van der Waals surface area contributed by atoms with Crippen molar-refractivity contribution in [1.82, 2.24) is 4.31 Å². The third kappa shape index (κ3) is 2.87. The lowest BCUT2D eigenvalue weighted by Crippen LogP contribution is -2.35. The van der Waals surface area contributed by atoms with Crippen LogP contribution in [-0.2, 0) is 10.0 Å². The molecule has 0 fully saturated rings. The maximum Gasteiger partial charge on any atom is 0.215 e. The minimum absolute atomic E-state index is 0.0668. The summed E-state index contributed by atoms with van der Waals surface area (Å²) >= 11 is 0. The lowest BCUT2D eigenvalue weighted by atomic mass is 10.3. The molecule has 0 bridgehead atoms. The largest absolute Gasteiger partial charge is 0.215 e. The van der Waals surface area contributed by atoms with Crippen molar-refractivity contribution >= 4 is 10.0 Å². The topological polar surface area (TPSA) is 37.4 Å². The Morgan fingerprint density at radius 3 is 2.77 bits per heavy atom. The van der Waals surface area contributed by atoms with Crippen LogP contribution in [0.25, 0.3) is 0 Å². The highest BCUT2D eigenvalue weighted by Crippen LogP contribution is 2.08. The second kappa shape index (κ2) is 4.45. The first-order chi connectivity index (χ1) is 6.17. The number of rotatable bonds is 3. The predicted octanol–water partition coefficient (Wildman–Crippen LogP) is 0.601. The van der Waals surface area contributed by atoms with Crippen molar-refractivity contribution in [2.45, 2.75) is 12.8 Å². The summed E-state index contributed by atoms with van der Waals surface area (Å²) in [5, 5.41) is 0. The van der Waals surface area contributed by atoms with E-state index >= 15 is 0 Å². The predicted molar refractivity (Wildman–Crippen MR) is 52.6 cm³/mol. The molecule has 1 aliphatic heterocycles. The summed E-state index contributed by atoms with van der Waals surface area (Å²) in [5.74, 6) is 2.41. The minimum atomic E-state index is -3.11. The van der Waals surface area contributed by atoms with Gasteiger partial charge in [-0.3, -0.25) is 0 Å². The number of hydrogen-bond acceptors (Lipinski definition) is 2. The number of nitrogens with zero attached hydrogens (tertiary/aromatic N) is 1. The summed E-state index contributed by atoms with van der Waals surface area (Å²) in [4.78, 5) is 0. The molecule has 3 nitrogen and oxygen atoms in total. The smallest absolute Gasteiger partial charge is 0.212 e. The van der Waals surface area contributed by atoms with Gasteiger partial charge in [0.1, 0.15) is 0 Å². The van der Waals surface area contributed by atoms with Crippen molar-refractivity contribution in [2.24, 2.45) is 0 Å². The molecule has 1 heterocycles. The third-order valence-corrected chi connectivity index (χ3v) is 3.76. The van der Waals surface area contributed by atoms with Gasteiger partial charge in [-0.2, -0.15) is 4.31 Å². The van der Waals surface area contributed by atoms with Crippen molar-refractivity contribution < 1.29 is 8.42 Å². The van der Waals surface area contributed by atoms with E-state index in [0.29, 0.717) is 19.5 Å². The molecule has 0 aromatic heterocycles. The Hall–Kier alpha value is -0.790. The molecule has 0 unspecified atom stereocenters. The van der Waals surface area contributed by atoms with Crippen LogP contribution in [0.5, 0.6) is 0 Å². The van der Waals surface area contributed by atoms with Crippen molar-refractivity contribution in [3.63, 3.8) is 0 Å². The van der Waals surface area contributed by atoms with Gasteiger partial charge in [0.2, 0.25) is 10.0 Å². The average molecular weight is 199 g/mol. The molecule has 0 N–H and O–H groups in total. The Bertz CT molecular complexity index is 324. The summed E-state index contributed by atoms with van der Waals surface area (Å²) in [6.45, 7) is 1.08. The van der Waals surface area contributed by atoms with Gasteiger partial charge < -0.3 is 0 Å². The molecule has 1 rings (SSSR count). The van der Waals surface area contributed by atoms with Gasteiger partial charge in [-0.15, -0.1) is 12.3 Å². The fourth-order valence-electron chi connectivity index (χ4n) is 1.19. The van der Waals surface area contributed by atoms with Crippen LogP contribution < -0.4 is 0 Å². The fraction of sp³-hybridized carbons (Fsp3) is 0.556. The summed E-state index contributed by atoms with van der Waals surface area (Å²) in [6, 6.07) is 0. The van der Waals surface area contributed by atoms with E-state index in [1.165, 1.54) is 4.31 Å². The maximum absolute atomic E-state index is 11.5. The Balaban J connectivity index is 2.59. The molecule has 0 radical (unpaired) electrons. The van der Waals surface area contributed by atoms with Crippen LogP contribution in [0.15, 0.2) is 12.2 Å². The van der Waals surface area contributed by atoms with Gasteiger partial charge in [-0.1, -0.05) is 12.2 Å². The van der Waals surface area contributed by atoms with Gasteiger partial charge in [0.05, 0.1) is 5.75 Å². The van der Waals surface area contributed by atoms with Crippen LogP contribution in [0.2, 0.25) is 0 Å². The summed E-state index contributed by atoms with van der Waals surface area (Å²) in [5.41, 5.74) is 0. The van der Waals surface area contributed by atoms with Crippen LogP contribution in [0.4, 0.5) is 0 Å². The zero-order valence-electron chi connectivity index (χ0n) is 7.44. The standard InChI is InChI=1S/C9H13NO2S/c1-2-3-9-13(11,12)10-7-5-4-6-8-10/h1,4-5H,3,6-9H2. The van der Waals surface area contributed by atoms with Gasteiger partial charge in [0, 0.05) is 19.5 Å². The van der Waals surface area contributed by atoms with Gasteiger partial charge in [0.25, 0.3) is 0 Å². The molecule has 0 aliphatic carbocycles. The number of sulfonamides is 1. The normalized spacial score (nSPS) is 18.4. The van der Waals surface area contributed by atoms with E-state index in [-0.39, 0.29) is 5.75 Å². The van der Waals surface area contributed by atoms with Crippen molar-refractivity contribution in [3.8, 4) is 12.3 Å². The number of terminal acetylenes is 1. The quantitative estimate of drug-likeness (QED) is 0.493. The van der Waals surface area contributed by atoms with Gasteiger partial charge in [0.15, 0.2) is 0 Å². The Morgan fingerprint density at radius 2 is 2.23 bits per heavy atom. The van der Waals surface area contributed by atoms with Crippen molar-refractivity contribution in [2.75, 3.05) is 18.8 Å². The molecule has 1 aliphatic rings. The highest BCUT2D eigenvalue weighted by Gasteiger charge is 2.20. The molecular formula is C9H13NO2S. The van der Waals surface area contributed by atoms with E-state index in [4.69, 9.17) is 6.42 Å². The first-order valence-electron chi connectivity index (χ1n) is 4.23. The van der Waals surface area contributed by atoms with Crippen molar-refractivity contribution in [3.05, 3.63) is 12.2 Å². The van der Waals surface area contributed by atoms with Gasteiger partial charge in [-0.25, -0.2) is 8.42 Å². The molecule has 0 amide bonds. The van der Waals surface area contributed by atoms with Gasteiger partial charge in [-0.05, 0) is 6.42 Å². The lowest BCUT2D eigenvalue weighted by Gasteiger charge is -2.22. The van der Waals surface area contributed by atoms with E-state index in [2.05, 4.69) is 5.92 Å². The monoisotopic (exact) mass is 199 g/mol. The zero-order valence-corrected chi connectivity index (χ0v) is 8.26. The Kier molecular flexibility index (Phi) is 3.52. The van der Waals surface area contributed by atoms with Crippen LogP contribution in [0.1, 0.15) is 12.8 Å². The van der Waals surface area contributed by atoms with Crippen LogP contribution in [-0.4, -0.2) is 31.6 Å². The lowest BCUT2D eigenvalue weighted by molar-refractivity contribution is 0.438. The molecule has 0 aromatic rings. The van der Waals surface area contributed by atoms with E-state index in [1.807, 2.05) is 12.2 Å². The molecule has 0 atom stereocenters. The highest BCUT2D eigenvalue weighted by molar-refractivity contribution is 7.89. The second-order valence-corrected chi connectivity index (χ2v) is 4.98. The second-order valence-electron chi connectivity index (χ2n) is 2.89. The molecule has 13 heavy (non-hydrogen) atoms. The summed E-state index contributed by atoms with van der Waals surface area (Å²) < 4.78 is 24.6. The van der Waals surface area contributed by atoms with Crippen LogP contribution in [0.3, 0.4) is 0 Å². The van der Waals surface area contributed by atoms with Crippen molar-refractivity contribution in [1.29, 1.82) is 0 Å².